The Morgan fingerprint density at radius 2 is 2.15 bits per heavy atom. The summed E-state index contributed by atoms with van der Waals surface area (Å²) >= 11 is 3.23. The van der Waals surface area contributed by atoms with Crippen molar-refractivity contribution in [2.45, 2.75) is 26.3 Å². The Labute approximate surface area is 128 Å². The van der Waals surface area contributed by atoms with Crippen molar-refractivity contribution in [3.63, 3.8) is 0 Å². The number of carbonyl (C=O) groups excluding carboxylic acids is 1. The number of phenolic OH excluding ortho intramolecular Hbond substituents is 1. The quantitative estimate of drug-likeness (QED) is 0.916. The van der Waals surface area contributed by atoms with E-state index in [1.54, 1.807) is 12.1 Å². The highest BCUT2D eigenvalue weighted by Crippen LogP contribution is 2.26. The number of aromatic hydroxyl groups is 1. The minimum atomic E-state index is 0.00227. The van der Waals surface area contributed by atoms with Crippen LogP contribution in [0.3, 0.4) is 0 Å². The van der Waals surface area contributed by atoms with Gasteiger partial charge < -0.3 is 10.0 Å². The van der Waals surface area contributed by atoms with Gasteiger partial charge in [0.05, 0.1) is 4.47 Å². The predicted molar refractivity (Wildman–Crippen MR) is 83.0 cm³/mol. The van der Waals surface area contributed by atoms with Gasteiger partial charge in [-0.25, -0.2) is 0 Å². The molecule has 2 rings (SSSR count). The van der Waals surface area contributed by atoms with Gasteiger partial charge in [0.1, 0.15) is 5.75 Å². The summed E-state index contributed by atoms with van der Waals surface area (Å²) in [5.41, 5.74) is 0.547. The van der Waals surface area contributed by atoms with E-state index in [0.717, 1.165) is 32.6 Å². The normalized spacial score (nSPS) is 18.8. The average molecular weight is 341 g/mol. The highest BCUT2D eigenvalue weighted by molar-refractivity contribution is 9.10. The van der Waals surface area contributed by atoms with Crippen molar-refractivity contribution in [1.29, 1.82) is 0 Å². The van der Waals surface area contributed by atoms with Crippen LogP contribution < -0.4 is 0 Å². The highest BCUT2D eigenvalue weighted by atomic mass is 79.9. The number of likely N-dealkylation sites (tertiary alicyclic amines) is 1. The lowest BCUT2D eigenvalue weighted by Crippen LogP contribution is -2.38. The van der Waals surface area contributed by atoms with Crippen molar-refractivity contribution in [1.82, 2.24) is 9.80 Å². The van der Waals surface area contributed by atoms with E-state index in [4.69, 9.17) is 0 Å². The fourth-order valence-electron chi connectivity index (χ4n) is 2.79. The summed E-state index contributed by atoms with van der Waals surface area (Å²) in [5.74, 6) is 0.109. The molecule has 1 aromatic rings. The number of carbonyl (C=O) groups is 1. The maximum absolute atomic E-state index is 12.4. The van der Waals surface area contributed by atoms with Crippen LogP contribution in [0.1, 0.15) is 30.6 Å². The number of phenols is 1. The van der Waals surface area contributed by atoms with E-state index in [2.05, 4.69) is 34.7 Å². The Balaban J connectivity index is 2.05. The van der Waals surface area contributed by atoms with Crippen LogP contribution in [0.5, 0.6) is 5.75 Å². The molecule has 1 fully saturated rings. The summed E-state index contributed by atoms with van der Waals surface area (Å²) in [4.78, 5) is 16.7. The second kappa shape index (κ2) is 6.59. The van der Waals surface area contributed by atoms with E-state index in [9.17, 15) is 9.90 Å². The van der Waals surface area contributed by atoms with Gasteiger partial charge in [0, 0.05) is 24.7 Å². The molecule has 1 aromatic carbocycles. The topological polar surface area (TPSA) is 43.8 Å². The maximum atomic E-state index is 12.4. The van der Waals surface area contributed by atoms with E-state index in [1.807, 2.05) is 4.90 Å². The number of nitrogens with zero attached hydrogens (tertiary/aromatic N) is 2. The monoisotopic (exact) mass is 340 g/mol. The van der Waals surface area contributed by atoms with Gasteiger partial charge in [0.15, 0.2) is 0 Å². The molecule has 1 unspecified atom stereocenters. The molecule has 1 aliphatic rings. The first-order valence-corrected chi connectivity index (χ1v) is 7.88. The Morgan fingerprint density at radius 3 is 2.75 bits per heavy atom. The molecule has 1 aliphatic heterocycles. The molecule has 0 aromatic heterocycles. The summed E-state index contributed by atoms with van der Waals surface area (Å²) in [6.45, 7) is 7.90. The third-order valence-corrected chi connectivity index (χ3v) is 4.64. The average Bonchev–Trinajstić information content (AvgIpc) is 2.92. The standard InChI is InChI=1S/C15H21BrN2O2/c1-3-17(4-2)12-7-8-18(10-12)15(20)11-5-6-13(16)14(19)9-11/h5-6,9,12,19H,3-4,7-8,10H2,1-2H3. The Morgan fingerprint density at radius 1 is 1.45 bits per heavy atom. The van der Waals surface area contributed by atoms with Crippen molar-refractivity contribution in [2.24, 2.45) is 0 Å². The lowest BCUT2D eigenvalue weighted by atomic mass is 10.2. The lowest BCUT2D eigenvalue weighted by molar-refractivity contribution is 0.0777. The Hall–Kier alpha value is -1.07. The summed E-state index contributed by atoms with van der Waals surface area (Å²) in [6, 6.07) is 5.44. The summed E-state index contributed by atoms with van der Waals surface area (Å²) in [7, 11) is 0. The van der Waals surface area contributed by atoms with Crippen molar-refractivity contribution in [3.05, 3.63) is 28.2 Å². The van der Waals surface area contributed by atoms with Gasteiger partial charge in [-0.1, -0.05) is 13.8 Å². The van der Waals surface area contributed by atoms with Crippen LogP contribution >= 0.6 is 15.9 Å². The lowest BCUT2D eigenvalue weighted by Gasteiger charge is -2.26. The molecule has 4 nitrogen and oxygen atoms in total. The Kier molecular flexibility index (Phi) is 5.05. The number of amides is 1. The van der Waals surface area contributed by atoms with Gasteiger partial charge in [0.25, 0.3) is 5.91 Å². The third-order valence-electron chi connectivity index (χ3n) is 3.97. The SMILES string of the molecule is CCN(CC)C1CCN(C(=O)c2ccc(Br)c(O)c2)C1. The molecule has 1 saturated heterocycles. The van der Waals surface area contributed by atoms with Crippen LogP contribution in [0.15, 0.2) is 22.7 Å². The van der Waals surface area contributed by atoms with Gasteiger partial charge in [-0.05, 0) is 53.6 Å². The zero-order chi connectivity index (χ0) is 14.7. The second-order valence-electron chi connectivity index (χ2n) is 5.08. The van der Waals surface area contributed by atoms with Crippen LogP contribution in [0.2, 0.25) is 0 Å². The number of benzene rings is 1. The summed E-state index contributed by atoms with van der Waals surface area (Å²) in [5, 5.41) is 9.68. The van der Waals surface area contributed by atoms with E-state index < -0.39 is 0 Å². The molecule has 0 aliphatic carbocycles. The molecule has 1 amide bonds. The van der Waals surface area contributed by atoms with Crippen LogP contribution in [-0.4, -0.2) is 53.0 Å². The van der Waals surface area contributed by atoms with E-state index in [-0.39, 0.29) is 11.7 Å². The first-order valence-electron chi connectivity index (χ1n) is 7.08. The maximum Gasteiger partial charge on any atom is 0.254 e. The molecule has 1 N–H and O–H groups in total. The van der Waals surface area contributed by atoms with Gasteiger partial charge in [0.2, 0.25) is 0 Å². The molecule has 0 saturated carbocycles. The zero-order valence-corrected chi connectivity index (χ0v) is 13.6. The van der Waals surface area contributed by atoms with Crippen LogP contribution in [0.4, 0.5) is 0 Å². The highest BCUT2D eigenvalue weighted by Gasteiger charge is 2.29. The molecule has 20 heavy (non-hydrogen) atoms. The Bertz CT molecular complexity index is 489. The molecule has 1 atom stereocenters. The van der Waals surface area contributed by atoms with E-state index in [1.165, 1.54) is 6.07 Å². The number of halogens is 1. The molecule has 0 bridgehead atoms. The number of hydrogen-bond donors (Lipinski definition) is 1. The van der Waals surface area contributed by atoms with Gasteiger partial charge >= 0.3 is 0 Å². The van der Waals surface area contributed by atoms with Crippen molar-refractivity contribution in [2.75, 3.05) is 26.2 Å². The van der Waals surface area contributed by atoms with E-state index in [0.29, 0.717) is 16.1 Å². The molecule has 5 heteroatoms. The molecule has 0 spiro atoms. The van der Waals surface area contributed by atoms with Gasteiger partial charge in [-0.3, -0.25) is 9.69 Å². The van der Waals surface area contributed by atoms with Gasteiger partial charge in [-0.15, -0.1) is 0 Å². The zero-order valence-electron chi connectivity index (χ0n) is 12.0. The minimum absolute atomic E-state index is 0.00227. The fourth-order valence-corrected chi connectivity index (χ4v) is 3.04. The number of hydrogen-bond acceptors (Lipinski definition) is 3. The molecule has 110 valence electrons. The first-order chi connectivity index (χ1) is 9.56. The number of likely N-dealkylation sites (N-methyl/N-ethyl adjacent to an activating group) is 1. The van der Waals surface area contributed by atoms with E-state index >= 15 is 0 Å². The van der Waals surface area contributed by atoms with Crippen LogP contribution in [-0.2, 0) is 0 Å². The first kappa shape index (κ1) is 15.3. The molecule has 0 radical (unpaired) electrons. The minimum Gasteiger partial charge on any atom is -0.507 e. The van der Waals surface area contributed by atoms with Crippen LogP contribution in [0, 0.1) is 0 Å². The fraction of sp³-hybridized carbons (Fsp3) is 0.533. The second-order valence-corrected chi connectivity index (χ2v) is 5.94. The van der Waals surface area contributed by atoms with Crippen LogP contribution in [0.25, 0.3) is 0 Å². The molecular weight excluding hydrogens is 320 g/mol. The smallest absolute Gasteiger partial charge is 0.254 e. The molecular formula is C15H21BrN2O2. The third kappa shape index (κ3) is 3.15. The molecule has 1 heterocycles. The van der Waals surface area contributed by atoms with Crippen molar-refractivity contribution in [3.8, 4) is 5.75 Å². The largest absolute Gasteiger partial charge is 0.507 e. The summed E-state index contributed by atoms with van der Waals surface area (Å²) in [6.07, 6.45) is 1.02. The van der Waals surface area contributed by atoms with Crippen molar-refractivity contribution >= 4 is 21.8 Å². The van der Waals surface area contributed by atoms with Gasteiger partial charge in [-0.2, -0.15) is 0 Å². The summed E-state index contributed by atoms with van der Waals surface area (Å²) < 4.78 is 0.608. The van der Waals surface area contributed by atoms with Crippen molar-refractivity contribution < 1.29 is 9.90 Å². The predicted octanol–water partition coefficient (Wildman–Crippen LogP) is 2.71. The number of rotatable bonds is 4.